The molecule has 6 nitrogen and oxygen atoms in total. The normalized spacial score (nSPS) is 16.6. The number of fused-ring (bicyclic) bond motifs is 3. The van der Waals surface area contributed by atoms with Crippen LogP contribution in [0.25, 0.3) is 11.1 Å². The highest BCUT2D eigenvalue weighted by molar-refractivity contribution is 6.37. The van der Waals surface area contributed by atoms with Crippen LogP contribution < -0.4 is 0 Å². The van der Waals surface area contributed by atoms with Gasteiger partial charge in [0, 0.05) is 46.5 Å². The fraction of sp³-hybridized carbons (Fsp3) is 0.548. The first kappa shape index (κ1) is 28.5. The molecule has 0 N–H and O–H groups in total. The molecule has 0 radical (unpaired) electrons. The lowest BCUT2D eigenvalue weighted by molar-refractivity contribution is -0.124. The molecule has 3 rings (SSSR count). The summed E-state index contributed by atoms with van der Waals surface area (Å²) < 4.78 is 0. The molecule has 2 aliphatic rings. The molecule has 6 heteroatoms. The van der Waals surface area contributed by atoms with E-state index >= 15 is 0 Å². The van der Waals surface area contributed by atoms with Crippen molar-refractivity contribution in [2.24, 2.45) is 0 Å². The molecule has 0 atom stereocenters. The second-order valence-corrected chi connectivity index (χ2v) is 10.2. The van der Waals surface area contributed by atoms with Crippen LogP contribution in [0.2, 0.25) is 0 Å². The van der Waals surface area contributed by atoms with Crippen molar-refractivity contribution >= 4 is 34.8 Å². The van der Waals surface area contributed by atoms with E-state index in [4.69, 9.17) is 0 Å². The van der Waals surface area contributed by atoms with Crippen LogP contribution in [0.3, 0.4) is 0 Å². The van der Waals surface area contributed by atoms with Gasteiger partial charge >= 0.3 is 0 Å². The molecule has 0 saturated carbocycles. The summed E-state index contributed by atoms with van der Waals surface area (Å²) in [5.41, 5.74) is 1.91. The van der Waals surface area contributed by atoms with Crippen molar-refractivity contribution < 1.29 is 19.2 Å². The molecule has 0 aromatic heterocycles. The zero-order valence-corrected chi connectivity index (χ0v) is 22.9. The molecular formula is C31H42N2O4. The zero-order chi connectivity index (χ0) is 26.9. The van der Waals surface area contributed by atoms with Crippen LogP contribution in [0.4, 0.5) is 0 Å². The monoisotopic (exact) mass is 506 g/mol. The largest absolute Gasteiger partial charge is 0.274 e. The number of nitrogens with zero attached hydrogens (tertiary/aromatic N) is 2. The van der Waals surface area contributed by atoms with E-state index in [1.165, 1.54) is 35.5 Å². The van der Waals surface area contributed by atoms with Crippen LogP contribution >= 0.6 is 0 Å². The smallest absolute Gasteiger partial charge is 0.261 e. The molecule has 200 valence electrons. The third kappa shape index (κ3) is 6.11. The fourth-order valence-electron chi connectivity index (χ4n) is 5.32. The second-order valence-electron chi connectivity index (χ2n) is 10.2. The van der Waals surface area contributed by atoms with E-state index in [1.54, 1.807) is 25.1 Å². The van der Waals surface area contributed by atoms with Gasteiger partial charge in [-0.1, -0.05) is 90.7 Å². The van der Waals surface area contributed by atoms with Crippen molar-refractivity contribution in [2.45, 2.75) is 97.8 Å². The predicted octanol–water partition coefficient (Wildman–Crippen LogP) is 6.79. The minimum atomic E-state index is -0.440. The summed E-state index contributed by atoms with van der Waals surface area (Å²) >= 11 is 0. The predicted molar refractivity (Wildman–Crippen MR) is 148 cm³/mol. The first-order chi connectivity index (χ1) is 17.9. The molecule has 2 aliphatic heterocycles. The molecule has 0 spiro atoms. The lowest BCUT2D eigenvalue weighted by atomic mass is 9.81. The Morgan fingerprint density at radius 2 is 1.05 bits per heavy atom. The van der Waals surface area contributed by atoms with Gasteiger partial charge < -0.3 is 0 Å². The Morgan fingerprint density at radius 3 is 1.54 bits per heavy atom. The number of hydrogen-bond donors (Lipinski definition) is 0. The molecule has 37 heavy (non-hydrogen) atoms. The number of carbonyl (C=O) groups excluding carboxylic acids is 4. The number of unbranched alkanes of at least 4 members (excludes halogenated alkanes) is 10. The number of benzene rings is 1. The Morgan fingerprint density at radius 1 is 0.622 bits per heavy atom. The topological polar surface area (TPSA) is 74.8 Å². The molecule has 1 aromatic rings. The number of hydrogen-bond acceptors (Lipinski definition) is 4. The van der Waals surface area contributed by atoms with Gasteiger partial charge in [0.05, 0.1) is 0 Å². The first-order valence-corrected chi connectivity index (χ1v) is 14.1. The second kappa shape index (κ2) is 13.5. The van der Waals surface area contributed by atoms with E-state index in [0.717, 1.165) is 51.4 Å². The molecule has 0 unspecified atom stereocenters. The maximum Gasteiger partial charge on any atom is 0.261 e. The van der Waals surface area contributed by atoms with Crippen molar-refractivity contribution in [1.82, 2.24) is 9.80 Å². The number of imide groups is 2. The summed E-state index contributed by atoms with van der Waals surface area (Å²) in [4.78, 5) is 55.9. The Bertz CT molecular complexity index is 1080. The van der Waals surface area contributed by atoms with E-state index in [1.807, 2.05) is 0 Å². The number of allylic oxidation sites excluding steroid dienone is 1. The number of carbonyl (C=O) groups is 4. The number of rotatable bonds is 14. The number of amides is 4. The summed E-state index contributed by atoms with van der Waals surface area (Å²) in [5.74, 6) is -1.56. The Hall–Kier alpha value is -3.02. The molecule has 2 heterocycles. The minimum Gasteiger partial charge on any atom is -0.274 e. The van der Waals surface area contributed by atoms with Gasteiger partial charge in [0.15, 0.2) is 0 Å². The summed E-state index contributed by atoms with van der Waals surface area (Å²) in [7, 11) is 0. The third-order valence-corrected chi connectivity index (χ3v) is 7.47. The maximum absolute atomic E-state index is 13.4. The Balaban J connectivity index is 1.83. The van der Waals surface area contributed by atoms with E-state index in [-0.39, 0.29) is 23.3 Å². The molecule has 0 aliphatic carbocycles. The van der Waals surface area contributed by atoms with Crippen molar-refractivity contribution in [3.63, 3.8) is 0 Å². The van der Waals surface area contributed by atoms with Crippen LogP contribution in [-0.2, 0) is 9.59 Å². The van der Waals surface area contributed by atoms with Crippen LogP contribution in [0, 0.1) is 0 Å². The van der Waals surface area contributed by atoms with E-state index in [9.17, 15) is 19.2 Å². The van der Waals surface area contributed by atoms with Crippen molar-refractivity contribution in [2.75, 3.05) is 13.1 Å². The highest BCUT2D eigenvalue weighted by Crippen LogP contribution is 2.39. The van der Waals surface area contributed by atoms with Crippen molar-refractivity contribution in [3.8, 4) is 0 Å². The highest BCUT2D eigenvalue weighted by Gasteiger charge is 2.42. The minimum absolute atomic E-state index is 0.168. The molecule has 1 aromatic carbocycles. The molecule has 0 fully saturated rings. The van der Waals surface area contributed by atoms with E-state index in [0.29, 0.717) is 40.9 Å². The van der Waals surface area contributed by atoms with Crippen molar-refractivity contribution in [3.05, 3.63) is 47.0 Å². The maximum atomic E-state index is 13.4. The SMILES string of the molecule is C=C1C(=O)N(CCCCCCCC)C(=O)c2ccc3c(c21)/C(=C\C)C(=O)N(CCCCCCCC)C3=O. The van der Waals surface area contributed by atoms with Gasteiger partial charge in [-0.25, -0.2) is 0 Å². The molecule has 0 bridgehead atoms. The van der Waals surface area contributed by atoms with Gasteiger partial charge in [-0.15, -0.1) is 0 Å². The van der Waals surface area contributed by atoms with E-state index < -0.39 is 5.91 Å². The van der Waals surface area contributed by atoms with Crippen LogP contribution in [0.5, 0.6) is 0 Å². The Labute approximate surface area is 221 Å². The van der Waals surface area contributed by atoms with Crippen LogP contribution in [-0.4, -0.2) is 46.5 Å². The molecular weight excluding hydrogens is 464 g/mol. The quantitative estimate of drug-likeness (QED) is 0.158. The van der Waals surface area contributed by atoms with Gasteiger partial charge in [-0.2, -0.15) is 0 Å². The van der Waals surface area contributed by atoms with Crippen LogP contribution in [0.1, 0.15) is 130 Å². The summed E-state index contributed by atoms with van der Waals surface area (Å²) in [6.07, 6.45) is 14.3. The van der Waals surface area contributed by atoms with Crippen LogP contribution in [0.15, 0.2) is 24.8 Å². The van der Waals surface area contributed by atoms with E-state index in [2.05, 4.69) is 20.4 Å². The first-order valence-electron chi connectivity index (χ1n) is 14.1. The standard InChI is InChI=1S/C31H42N2O4/c1-5-8-10-12-14-16-20-32-28(34)22(4)26-24(30(32)36)18-19-25-27(26)23(7-3)29(35)33(31(25)37)21-17-15-13-11-9-6-2/h7,18-19H,4-6,8-17,20-21H2,1-3H3/b23-7+. The average Bonchev–Trinajstić information content (AvgIpc) is 2.89. The Kier molecular flexibility index (Phi) is 10.4. The average molecular weight is 507 g/mol. The van der Waals surface area contributed by atoms with Gasteiger partial charge in [0.1, 0.15) is 0 Å². The zero-order valence-electron chi connectivity index (χ0n) is 22.9. The highest BCUT2D eigenvalue weighted by atomic mass is 16.2. The summed E-state index contributed by atoms with van der Waals surface area (Å²) in [6, 6.07) is 3.25. The van der Waals surface area contributed by atoms with Gasteiger partial charge in [0.2, 0.25) is 0 Å². The summed E-state index contributed by atoms with van der Waals surface area (Å²) in [6.45, 7) is 10.8. The van der Waals surface area contributed by atoms with Gasteiger partial charge in [-0.3, -0.25) is 29.0 Å². The van der Waals surface area contributed by atoms with Gasteiger partial charge in [-0.05, 0) is 31.9 Å². The van der Waals surface area contributed by atoms with Crippen molar-refractivity contribution in [1.29, 1.82) is 0 Å². The third-order valence-electron chi connectivity index (χ3n) is 7.47. The lowest BCUT2D eigenvalue weighted by Crippen LogP contribution is -2.45. The molecule has 4 amide bonds. The molecule has 0 saturated heterocycles. The summed E-state index contributed by atoms with van der Waals surface area (Å²) in [5, 5.41) is 0. The van der Waals surface area contributed by atoms with Gasteiger partial charge in [0.25, 0.3) is 23.6 Å². The fourth-order valence-corrected chi connectivity index (χ4v) is 5.32. The lowest BCUT2D eigenvalue weighted by Gasteiger charge is -2.34.